The number of hydrogen-bond donors (Lipinski definition) is 1. The van der Waals surface area contributed by atoms with Gasteiger partial charge in [0.05, 0.1) is 6.54 Å². The molecule has 2 heterocycles. The highest BCUT2D eigenvalue weighted by Crippen LogP contribution is 2.21. The van der Waals surface area contributed by atoms with Gasteiger partial charge in [0, 0.05) is 37.9 Å². The van der Waals surface area contributed by atoms with E-state index in [1.807, 2.05) is 0 Å². The minimum atomic E-state index is 0.193. The Morgan fingerprint density at radius 2 is 1.92 bits per heavy atom. The van der Waals surface area contributed by atoms with Crippen molar-refractivity contribution in [1.82, 2.24) is 15.1 Å². The van der Waals surface area contributed by atoms with Crippen molar-refractivity contribution in [3.63, 3.8) is 0 Å². The van der Waals surface area contributed by atoms with Gasteiger partial charge in [-0.2, -0.15) is 0 Å². The number of nitrogens with zero attached hydrogens (tertiary/aromatic N) is 3. The van der Waals surface area contributed by atoms with E-state index in [0.717, 1.165) is 58.5 Å². The van der Waals surface area contributed by atoms with Crippen LogP contribution in [0.25, 0.3) is 0 Å². The number of likely N-dealkylation sites (N-methyl/N-ethyl adjacent to an activating group) is 1. The Hall–Kier alpha value is -1.59. The van der Waals surface area contributed by atoms with Crippen molar-refractivity contribution in [3.05, 3.63) is 29.8 Å². The molecule has 2 saturated heterocycles. The van der Waals surface area contributed by atoms with Crippen LogP contribution in [0.15, 0.2) is 24.3 Å². The minimum absolute atomic E-state index is 0.193. The van der Waals surface area contributed by atoms with Crippen LogP contribution in [0.3, 0.4) is 0 Å². The summed E-state index contributed by atoms with van der Waals surface area (Å²) in [5, 5.41) is 3.26. The van der Waals surface area contributed by atoms with Crippen LogP contribution in [-0.4, -0.2) is 74.6 Å². The molecule has 0 aliphatic carbocycles. The van der Waals surface area contributed by atoms with Gasteiger partial charge in [-0.3, -0.25) is 9.69 Å². The lowest BCUT2D eigenvalue weighted by atomic mass is 10.0. The summed E-state index contributed by atoms with van der Waals surface area (Å²) in [6.07, 6.45) is 3.21. The monoisotopic (exact) mass is 344 g/mol. The summed E-state index contributed by atoms with van der Waals surface area (Å²) in [6, 6.07) is 9.01. The van der Waals surface area contributed by atoms with Gasteiger partial charge in [-0.05, 0) is 64.0 Å². The van der Waals surface area contributed by atoms with E-state index in [-0.39, 0.29) is 5.91 Å². The molecular weight excluding hydrogens is 312 g/mol. The fourth-order valence-electron chi connectivity index (χ4n) is 3.84. The summed E-state index contributed by atoms with van der Waals surface area (Å²) < 4.78 is 0. The topological polar surface area (TPSA) is 38.8 Å². The zero-order valence-corrected chi connectivity index (χ0v) is 15.7. The van der Waals surface area contributed by atoms with Gasteiger partial charge in [0.2, 0.25) is 5.91 Å². The molecule has 5 nitrogen and oxygen atoms in total. The lowest BCUT2D eigenvalue weighted by Crippen LogP contribution is -2.48. The molecule has 1 aromatic carbocycles. The van der Waals surface area contributed by atoms with Crippen molar-refractivity contribution in [2.24, 2.45) is 0 Å². The molecule has 25 heavy (non-hydrogen) atoms. The highest BCUT2D eigenvalue weighted by molar-refractivity contribution is 5.78. The molecular formula is C20H32N4O. The molecule has 1 amide bonds. The Balaban J connectivity index is 1.41. The van der Waals surface area contributed by atoms with E-state index >= 15 is 0 Å². The summed E-state index contributed by atoms with van der Waals surface area (Å²) in [5.74, 6) is 0.193. The highest BCUT2D eigenvalue weighted by atomic mass is 16.2. The molecule has 0 saturated carbocycles. The highest BCUT2D eigenvalue weighted by Gasteiger charge is 2.22. The first-order valence-electron chi connectivity index (χ1n) is 9.62. The maximum Gasteiger partial charge on any atom is 0.234 e. The second-order valence-electron chi connectivity index (χ2n) is 7.60. The van der Waals surface area contributed by atoms with Crippen LogP contribution in [0.4, 0.5) is 5.69 Å². The van der Waals surface area contributed by atoms with E-state index in [9.17, 15) is 4.79 Å². The van der Waals surface area contributed by atoms with Gasteiger partial charge in [0.1, 0.15) is 0 Å². The van der Waals surface area contributed by atoms with Crippen LogP contribution in [0.1, 0.15) is 24.8 Å². The maximum atomic E-state index is 12.4. The largest absolute Gasteiger partial charge is 0.371 e. The Morgan fingerprint density at radius 1 is 1.12 bits per heavy atom. The molecule has 5 heteroatoms. The quantitative estimate of drug-likeness (QED) is 0.903. The van der Waals surface area contributed by atoms with Gasteiger partial charge < -0.3 is 15.1 Å². The average molecular weight is 345 g/mol. The fraction of sp³-hybridized carbons (Fsp3) is 0.650. The van der Waals surface area contributed by atoms with Crippen LogP contribution in [0.2, 0.25) is 0 Å². The Kier molecular flexibility index (Phi) is 6.32. The Labute approximate surface area is 152 Å². The molecule has 3 rings (SSSR count). The number of amides is 1. The zero-order valence-electron chi connectivity index (χ0n) is 15.7. The second kappa shape index (κ2) is 8.68. The number of hydrogen-bond acceptors (Lipinski definition) is 4. The number of carbonyl (C=O) groups is 1. The number of aryl methyl sites for hydroxylation is 1. The molecule has 0 bridgehead atoms. The Morgan fingerprint density at radius 3 is 2.68 bits per heavy atom. The smallest absolute Gasteiger partial charge is 0.234 e. The summed E-state index contributed by atoms with van der Waals surface area (Å²) in [4.78, 5) is 19.5. The molecule has 2 aliphatic rings. The maximum absolute atomic E-state index is 12.4. The fourth-order valence-corrected chi connectivity index (χ4v) is 3.84. The van der Waals surface area contributed by atoms with Crippen molar-refractivity contribution in [2.45, 2.75) is 32.2 Å². The molecule has 0 unspecified atom stereocenters. The Bertz CT molecular complexity index is 569. The van der Waals surface area contributed by atoms with Crippen molar-refractivity contribution in [1.29, 1.82) is 0 Å². The summed E-state index contributed by atoms with van der Waals surface area (Å²) in [6.45, 7) is 8.94. The molecule has 2 aliphatic heterocycles. The molecule has 138 valence electrons. The van der Waals surface area contributed by atoms with E-state index in [0.29, 0.717) is 12.6 Å². The molecule has 1 N–H and O–H groups in total. The SMILES string of the molecule is Cc1cccc(N2CCC(NC(=O)CN3CCCN(C)CC3)CC2)c1. The summed E-state index contributed by atoms with van der Waals surface area (Å²) in [7, 11) is 2.16. The third-order valence-electron chi connectivity index (χ3n) is 5.41. The number of benzene rings is 1. The van der Waals surface area contributed by atoms with Crippen molar-refractivity contribution < 1.29 is 4.79 Å². The molecule has 0 spiro atoms. The number of anilines is 1. The van der Waals surface area contributed by atoms with Gasteiger partial charge in [-0.15, -0.1) is 0 Å². The molecule has 1 aromatic rings. The van der Waals surface area contributed by atoms with E-state index < -0.39 is 0 Å². The summed E-state index contributed by atoms with van der Waals surface area (Å²) >= 11 is 0. The number of carbonyl (C=O) groups excluding carboxylic acids is 1. The van der Waals surface area contributed by atoms with Gasteiger partial charge in [-0.1, -0.05) is 12.1 Å². The second-order valence-corrected chi connectivity index (χ2v) is 7.60. The first-order valence-corrected chi connectivity index (χ1v) is 9.62. The first-order chi connectivity index (χ1) is 12.1. The minimum Gasteiger partial charge on any atom is -0.371 e. The van der Waals surface area contributed by atoms with E-state index in [2.05, 4.69) is 58.3 Å². The predicted molar refractivity (Wildman–Crippen MR) is 103 cm³/mol. The predicted octanol–water partition coefficient (Wildman–Crippen LogP) is 1.72. The van der Waals surface area contributed by atoms with Crippen LogP contribution in [0, 0.1) is 6.92 Å². The van der Waals surface area contributed by atoms with E-state index in [4.69, 9.17) is 0 Å². The standard InChI is InChI=1S/C20H32N4O/c1-17-5-3-6-19(15-17)24-11-7-18(8-12-24)21-20(25)16-23-10-4-9-22(2)13-14-23/h3,5-6,15,18H,4,7-14,16H2,1-2H3,(H,21,25). The summed E-state index contributed by atoms with van der Waals surface area (Å²) in [5.41, 5.74) is 2.61. The lowest BCUT2D eigenvalue weighted by molar-refractivity contribution is -0.123. The first kappa shape index (κ1) is 18.2. The molecule has 0 aromatic heterocycles. The number of nitrogens with one attached hydrogen (secondary N) is 1. The van der Waals surface area contributed by atoms with E-state index in [1.54, 1.807) is 0 Å². The van der Waals surface area contributed by atoms with Gasteiger partial charge in [-0.25, -0.2) is 0 Å². The van der Waals surface area contributed by atoms with Gasteiger partial charge in [0.15, 0.2) is 0 Å². The molecule has 0 radical (unpaired) electrons. The molecule has 2 fully saturated rings. The van der Waals surface area contributed by atoms with Crippen LogP contribution >= 0.6 is 0 Å². The van der Waals surface area contributed by atoms with Crippen molar-refractivity contribution >= 4 is 11.6 Å². The lowest BCUT2D eigenvalue weighted by Gasteiger charge is -2.34. The molecule has 0 atom stereocenters. The third-order valence-corrected chi connectivity index (χ3v) is 5.41. The van der Waals surface area contributed by atoms with Crippen molar-refractivity contribution in [2.75, 3.05) is 57.8 Å². The number of rotatable bonds is 4. The van der Waals surface area contributed by atoms with Gasteiger partial charge in [0.25, 0.3) is 0 Å². The zero-order chi connectivity index (χ0) is 17.6. The van der Waals surface area contributed by atoms with E-state index in [1.165, 1.54) is 11.3 Å². The normalized spacial score (nSPS) is 21.1. The van der Waals surface area contributed by atoms with Crippen LogP contribution in [0.5, 0.6) is 0 Å². The average Bonchev–Trinajstić information content (AvgIpc) is 2.80. The third kappa shape index (κ3) is 5.44. The number of piperidine rings is 1. The van der Waals surface area contributed by atoms with Crippen LogP contribution < -0.4 is 10.2 Å². The van der Waals surface area contributed by atoms with Crippen molar-refractivity contribution in [3.8, 4) is 0 Å². The van der Waals surface area contributed by atoms with Crippen LogP contribution in [-0.2, 0) is 4.79 Å². The van der Waals surface area contributed by atoms with Gasteiger partial charge >= 0.3 is 0 Å².